The van der Waals surface area contributed by atoms with Crippen molar-refractivity contribution < 1.29 is 0 Å². The van der Waals surface area contributed by atoms with E-state index in [0.717, 1.165) is 17.9 Å². The highest BCUT2D eigenvalue weighted by Crippen LogP contribution is 2.15. The Kier molecular flexibility index (Phi) is 2.73. The maximum Gasteiger partial charge on any atom is 0.137 e. The van der Waals surface area contributed by atoms with Crippen LogP contribution in [0.3, 0.4) is 0 Å². The quantitative estimate of drug-likeness (QED) is 0.857. The summed E-state index contributed by atoms with van der Waals surface area (Å²) in [5.41, 5.74) is 8.82. The first-order valence-corrected chi connectivity index (χ1v) is 6.27. The number of nitrogens with two attached hydrogens (primary N) is 1. The van der Waals surface area contributed by atoms with Crippen molar-refractivity contribution >= 4 is 11.3 Å². The van der Waals surface area contributed by atoms with Gasteiger partial charge in [0, 0.05) is 18.4 Å². The summed E-state index contributed by atoms with van der Waals surface area (Å²) in [5.74, 6) is 0. The molecule has 1 aliphatic rings. The molecule has 1 saturated heterocycles. The van der Waals surface area contributed by atoms with Crippen LogP contribution in [0.2, 0.25) is 0 Å². The van der Waals surface area contributed by atoms with Crippen LogP contribution in [0.25, 0.3) is 5.65 Å². The molecule has 0 radical (unpaired) electrons. The van der Waals surface area contributed by atoms with Crippen molar-refractivity contribution in [3.8, 4) is 0 Å². The molecule has 0 aliphatic carbocycles. The zero-order chi connectivity index (χ0) is 11.7. The molecule has 4 nitrogen and oxygen atoms in total. The van der Waals surface area contributed by atoms with Crippen molar-refractivity contribution in [1.29, 1.82) is 0 Å². The van der Waals surface area contributed by atoms with Gasteiger partial charge in [-0.1, -0.05) is 6.42 Å². The molecule has 0 spiro atoms. The first kappa shape index (κ1) is 10.6. The number of pyridine rings is 1. The van der Waals surface area contributed by atoms with E-state index in [9.17, 15) is 0 Å². The van der Waals surface area contributed by atoms with Gasteiger partial charge in [-0.15, -0.1) is 0 Å². The molecule has 1 aliphatic heterocycles. The number of imidazole rings is 1. The third-order valence-electron chi connectivity index (χ3n) is 3.44. The summed E-state index contributed by atoms with van der Waals surface area (Å²) >= 11 is 0. The van der Waals surface area contributed by atoms with Crippen LogP contribution in [0.15, 0.2) is 24.5 Å². The second kappa shape index (κ2) is 4.37. The van der Waals surface area contributed by atoms with E-state index in [2.05, 4.69) is 14.3 Å². The first-order chi connectivity index (χ1) is 8.33. The number of hydrogen-bond donors (Lipinski definition) is 1. The lowest BCUT2D eigenvalue weighted by molar-refractivity contribution is 0.218. The molecule has 90 valence electrons. The lowest BCUT2D eigenvalue weighted by atomic mass is 10.1. The lowest BCUT2D eigenvalue weighted by Crippen LogP contribution is -2.29. The van der Waals surface area contributed by atoms with Crippen LogP contribution in [0.4, 0.5) is 5.69 Å². The van der Waals surface area contributed by atoms with Crippen molar-refractivity contribution in [2.24, 2.45) is 0 Å². The number of fused-ring (bicyclic) bond motifs is 1. The predicted octanol–water partition coefficient (Wildman–Crippen LogP) is 1.90. The second-order valence-electron chi connectivity index (χ2n) is 4.78. The van der Waals surface area contributed by atoms with E-state index in [1.807, 2.05) is 24.5 Å². The molecule has 0 bridgehead atoms. The highest BCUT2D eigenvalue weighted by Gasteiger charge is 2.12. The third kappa shape index (κ3) is 2.13. The Labute approximate surface area is 101 Å². The summed E-state index contributed by atoms with van der Waals surface area (Å²) in [5, 5.41) is 0. The summed E-state index contributed by atoms with van der Waals surface area (Å²) in [6.45, 7) is 3.38. The summed E-state index contributed by atoms with van der Waals surface area (Å²) in [6, 6.07) is 3.86. The van der Waals surface area contributed by atoms with E-state index in [-0.39, 0.29) is 0 Å². The summed E-state index contributed by atoms with van der Waals surface area (Å²) in [4.78, 5) is 6.90. The molecule has 0 aromatic carbocycles. The molecule has 2 N–H and O–H groups in total. The van der Waals surface area contributed by atoms with Gasteiger partial charge in [0.15, 0.2) is 0 Å². The maximum absolute atomic E-state index is 5.82. The van der Waals surface area contributed by atoms with E-state index in [4.69, 9.17) is 5.73 Å². The molecule has 2 aromatic heterocycles. The Bertz CT molecular complexity index is 511. The maximum atomic E-state index is 5.82. The number of aromatic nitrogens is 2. The minimum absolute atomic E-state index is 0.787. The molecule has 2 aromatic rings. The van der Waals surface area contributed by atoms with E-state index >= 15 is 0 Å². The Balaban J connectivity index is 1.86. The zero-order valence-electron chi connectivity index (χ0n) is 9.97. The largest absolute Gasteiger partial charge is 0.398 e. The van der Waals surface area contributed by atoms with Crippen molar-refractivity contribution in [2.75, 3.05) is 18.8 Å². The molecule has 0 amide bonds. The number of rotatable bonds is 2. The normalized spacial score (nSPS) is 17.6. The van der Waals surface area contributed by atoms with Crippen molar-refractivity contribution in [2.45, 2.75) is 25.8 Å². The lowest BCUT2D eigenvalue weighted by Gasteiger charge is -2.25. The van der Waals surface area contributed by atoms with E-state index < -0.39 is 0 Å². The zero-order valence-corrected chi connectivity index (χ0v) is 9.97. The average Bonchev–Trinajstić information content (AvgIpc) is 2.73. The van der Waals surface area contributed by atoms with E-state index in [1.54, 1.807) is 0 Å². The number of anilines is 1. The van der Waals surface area contributed by atoms with Crippen LogP contribution < -0.4 is 5.73 Å². The van der Waals surface area contributed by atoms with Crippen LogP contribution in [0, 0.1) is 0 Å². The van der Waals surface area contributed by atoms with Gasteiger partial charge in [0.1, 0.15) is 5.65 Å². The van der Waals surface area contributed by atoms with E-state index in [1.165, 1.54) is 38.0 Å². The van der Waals surface area contributed by atoms with Gasteiger partial charge < -0.3 is 10.1 Å². The van der Waals surface area contributed by atoms with Gasteiger partial charge >= 0.3 is 0 Å². The molecular weight excluding hydrogens is 212 g/mol. The number of likely N-dealkylation sites (tertiary alicyclic amines) is 1. The van der Waals surface area contributed by atoms with Crippen LogP contribution in [0.5, 0.6) is 0 Å². The average molecular weight is 230 g/mol. The monoisotopic (exact) mass is 230 g/mol. The van der Waals surface area contributed by atoms with Gasteiger partial charge in [0.05, 0.1) is 11.9 Å². The Morgan fingerprint density at radius 2 is 2.00 bits per heavy atom. The molecule has 0 atom stereocenters. The number of nitrogen functional groups attached to an aromatic ring is 1. The number of piperidine rings is 1. The SMILES string of the molecule is Nc1ccc2ncc(CN3CCCCC3)n2c1. The standard InChI is InChI=1S/C13H18N4/c14-11-4-5-13-15-8-12(17(13)9-11)10-16-6-2-1-3-7-16/h4-5,8-9H,1-3,6-7,10,14H2. The molecule has 0 saturated carbocycles. The molecule has 17 heavy (non-hydrogen) atoms. The van der Waals surface area contributed by atoms with Gasteiger partial charge in [0.25, 0.3) is 0 Å². The summed E-state index contributed by atoms with van der Waals surface area (Å²) in [7, 11) is 0. The van der Waals surface area contributed by atoms with Crippen LogP contribution in [-0.4, -0.2) is 27.4 Å². The minimum Gasteiger partial charge on any atom is -0.398 e. The predicted molar refractivity (Wildman–Crippen MR) is 68.7 cm³/mol. The van der Waals surface area contributed by atoms with E-state index in [0.29, 0.717) is 0 Å². The molecular formula is C13H18N4. The van der Waals surface area contributed by atoms with Gasteiger partial charge in [-0.25, -0.2) is 4.98 Å². The Morgan fingerprint density at radius 3 is 2.82 bits per heavy atom. The highest BCUT2D eigenvalue weighted by molar-refractivity contribution is 5.48. The highest BCUT2D eigenvalue weighted by atomic mass is 15.1. The van der Waals surface area contributed by atoms with Crippen LogP contribution >= 0.6 is 0 Å². The number of hydrogen-bond acceptors (Lipinski definition) is 3. The minimum atomic E-state index is 0.787. The fourth-order valence-corrected chi connectivity index (χ4v) is 2.51. The smallest absolute Gasteiger partial charge is 0.137 e. The molecule has 1 fully saturated rings. The molecule has 0 unspecified atom stereocenters. The molecule has 3 rings (SSSR count). The Hall–Kier alpha value is -1.55. The van der Waals surface area contributed by atoms with Gasteiger partial charge in [-0.3, -0.25) is 4.90 Å². The fourth-order valence-electron chi connectivity index (χ4n) is 2.51. The van der Waals surface area contributed by atoms with Crippen molar-refractivity contribution in [3.63, 3.8) is 0 Å². The van der Waals surface area contributed by atoms with Crippen LogP contribution in [-0.2, 0) is 6.54 Å². The summed E-state index contributed by atoms with van der Waals surface area (Å²) < 4.78 is 2.10. The van der Waals surface area contributed by atoms with Crippen molar-refractivity contribution in [1.82, 2.24) is 14.3 Å². The molecule has 3 heterocycles. The molecule has 4 heteroatoms. The van der Waals surface area contributed by atoms with Crippen molar-refractivity contribution in [3.05, 3.63) is 30.2 Å². The topological polar surface area (TPSA) is 46.6 Å². The first-order valence-electron chi connectivity index (χ1n) is 6.27. The fraction of sp³-hybridized carbons (Fsp3) is 0.462. The second-order valence-corrected chi connectivity index (χ2v) is 4.78. The third-order valence-corrected chi connectivity index (χ3v) is 3.44. The van der Waals surface area contributed by atoms with Gasteiger partial charge in [-0.2, -0.15) is 0 Å². The van der Waals surface area contributed by atoms with Crippen LogP contribution in [0.1, 0.15) is 25.0 Å². The summed E-state index contributed by atoms with van der Waals surface area (Å²) in [6.07, 6.45) is 7.93. The number of nitrogens with zero attached hydrogens (tertiary/aromatic N) is 3. The van der Waals surface area contributed by atoms with Gasteiger partial charge in [0.2, 0.25) is 0 Å². The van der Waals surface area contributed by atoms with Gasteiger partial charge in [-0.05, 0) is 38.1 Å². The Morgan fingerprint density at radius 1 is 1.18 bits per heavy atom.